The Morgan fingerprint density at radius 1 is 1.75 bits per heavy atom. The quantitative estimate of drug-likeness (QED) is 0.721. The maximum Gasteiger partial charge on any atom is 0.409 e. The van der Waals surface area contributed by atoms with Crippen LogP contribution in [0.2, 0.25) is 0 Å². The Hall–Kier alpha value is -1.45. The minimum atomic E-state index is -0.323. The first kappa shape index (κ1) is 8.64. The largest absolute Gasteiger partial charge is 0.453 e. The van der Waals surface area contributed by atoms with Gasteiger partial charge in [-0.15, -0.1) is 0 Å². The van der Waals surface area contributed by atoms with Gasteiger partial charge in [-0.05, 0) is 11.6 Å². The second-order valence-corrected chi connectivity index (χ2v) is 2.55. The Balaban J connectivity index is 2.47. The lowest BCUT2D eigenvalue weighted by Crippen LogP contribution is -2.25. The fraction of sp³-hybridized carbons (Fsp3) is 0.375. The van der Waals surface area contributed by atoms with Crippen molar-refractivity contribution >= 4 is 6.09 Å². The standard InChI is InChI=1S/C8H12N2O2/c1-10(8(11)12-2)6-7-3-4-9-5-7/h3-5,9H,6H2,1-2H3. The minimum Gasteiger partial charge on any atom is -0.453 e. The van der Waals surface area contributed by atoms with Crippen LogP contribution < -0.4 is 0 Å². The molecular weight excluding hydrogens is 156 g/mol. The van der Waals surface area contributed by atoms with Crippen molar-refractivity contribution in [1.82, 2.24) is 9.88 Å². The molecule has 0 saturated heterocycles. The van der Waals surface area contributed by atoms with Crippen molar-refractivity contribution in [3.8, 4) is 0 Å². The van der Waals surface area contributed by atoms with Crippen molar-refractivity contribution in [3.63, 3.8) is 0 Å². The first-order chi connectivity index (χ1) is 5.74. The number of methoxy groups -OCH3 is 1. The van der Waals surface area contributed by atoms with Gasteiger partial charge in [0.05, 0.1) is 13.7 Å². The molecule has 0 aliphatic heterocycles. The van der Waals surface area contributed by atoms with Gasteiger partial charge in [0, 0.05) is 19.4 Å². The molecule has 1 amide bonds. The third-order valence-corrected chi connectivity index (χ3v) is 1.57. The lowest BCUT2D eigenvalue weighted by Gasteiger charge is -2.13. The van der Waals surface area contributed by atoms with Gasteiger partial charge in [-0.2, -0.15) is 0 Å². The summed E-state index contributed by atoms with van der Waals surface area (Å²) < 4.78 is 4.54. The summed E-state index contributed by atoms with van der Waals surface area (Å²) in [6.07, 6.45) is 3.34. The van der Waals surface area contributed by atoms with Gasteiger partial charge in [0.25, 0.3) is 0 Å². The van der Waals surface area contributed by atoms with E-state index in [0.717, 1.165) is 5.56 Å². The maximum atomic E-state index is 10.9. The van der Waals surface area contributed by atoms with Crippen LogP contribution in [0.1, 0.15) is 5.56 Å². The highest BCUT2D eigenvalue weighted by molar-refractivity contribution is 5.66. The van der Waals surface area contributed by atoms with Crippen molar-refractivity contribution in [2.24, 2.45) is 0 Å². The molecule has 0 aromatic carbocycles. The molecule has 1 aromatic heterocycles. The Bertz CT molecular complexity index is 244. The molecule has 1 heterocycles. The Morgan fingerprint density at radius 3 is 3.00 bits per heavy atom. The van der Waals surface area contributed by atoms with Gasteiger partial charge in [-0.1, -0.05) is 0 Å². The van der Waals surface area contributed by atoms with E-state index < -0.39 is 0 Å². The van der Waals surface area contributed by atoms with Crippen molar-refractivity contribution in [2.75, 3.05) is 14.2 Å². The SMILES string of the molecule is COC(=O)N(C)Cc1cc[nH]c1. The van der Waals surface area contributed by atoms with Crippen LogP contribution in [-0.2, 0) is 11.3 Å². The first-order valence-corrected chi connectivity index (χ1v) is 3.65. The van der Waals surface area contributed by atoms with Crippen molar-refractivity contribution in [1.29, 1.82) is 0 Å². The highest BCUT2D eigenvalue weighted by atomic mass is 16.5. The second-order valence-electron chi connectivity index (χ2n) is 2.55. The van der Waals surface area contributed by atoms with Gasteiger partial charge in [0.1, 0.15) is 0 Å². The van der Waals surface area contributed by atoms with Crippen LogP contribution in [0, 0.1) is 0 Å². The van der Waals surface area contributed by atoms with Gasteiger partial charge in [-0.3, -0.25) is 0 Å². The van der Waals surface area contributed by atoms with E-state index in [9.17, 15) is 4.79 Å². The molecule has 0 fully saturated rings. The lowest BCUT2D eigenvalue weighted by molar-refractivity contribution is 0.131. The van der Waals surface area contributed by atoms with Gasteiger partial charge < -0.3 is 14.6 Å². The summed E-state index contributed by atoms with van der Waals surface area (Å²) in [6, 6.07) is 1.92. The molecule has 0 spiro atoms. The fourth-order valence-corrected chi connectivity index (χ4v) is 0.951. The molecule has 0 saturated carbocycles. The molecular formula is C8H12N2O2. The molecule has 66 valence electrons. The summed E-state index contributed by atoms with van der Waals surface area (Å²) in [6.45, 7) is 0.566. The van der Waals surface area contributed by atoms with Crippen LogP contribution >= 0.6 is 0 Å². The number of rotatable bonds is 2. The summed E-state index contributed by atoms with van der Waals surface area (Å²) in [5.41, 5.74) is 1.06. The highest BCUT2D eigenvalue weighted by Gasteiger charge is 2.07. The molecule has 4 heteroatoms. The first-order valence-electron chi connectivity index (χ1n) is 3.65. The highest BCUT2D eigenvalue weighted by Crippen LogP contribution is 2.01. The number of carbonyl (C=O) groups excluding carboxylic acids is 1. The van der Waals surface area contributed by atoms with E-state index in [0.29, 0.717) is 6.54 Å². The fourth-order valence-electron chi connectivity index (χ4n) is 0.951. The molecule has 0 radical (unpaired) electrons. The number of ether oxygens (including phenoxy) is 1. The minimum absolute atomic E-state index is 0.323. The molecule has 0 atom stereocenters. The maximum absolute atomic E-state index is 10.9. The van der Waals surface area contributed by atoms with Crippen molar-refractivity contribution in [2.45, 2.75) is 6.54 Å². The number of hydrogen-bond acceptors (Lipinski definition) is 2. The van der Waals surface area contributed by atoms with E-state index in [4.69, 9.17) is 0 Å². The number of H-pyrrole nitrogens is 1. The summed E-state index contributed by atoms with van der Waals surface area (Å²) in [7, 11) is 3.06. The van der Waals surface area contributed by atoms with Crippen molar-refractivity contribution in [3.05, 3.63) is 24.0 Å². The Kier molecular flexibility index (Phi) is 2.74. The van der Waals surface area contributed by atoms with Gasteiger partial charge in [-0.25, -0.2) is 4.79 Å². The van der Waals surface area contributed by atoms with Crippen molar-refractivity contribution < 1.29 is 9.53 Å². The second kappa shape index (κ2) is 3.80. The van der Waals surface area contributed by atoms with E-state index in [-0.39, 0.29) is 6.09 Å². The number of nitrogens with zero attached hydrogens (tertiary/aromatic N) is 1. The monoisotopic (exact) mass is 168 g/mol. The smallest absolute Gasteiger partial charge is 0.409 e. The van der Waals surface area contributed by atoms with E-state index >= 15 is 0 Å². The lowest BCUT2D eigenvalue weighted by atomic mass is 10.3. The summed E-state index contributed by atoms with van der Waals surface area (Å²) in [4.78, 5) is 15.3. The number of aromatic amines is 1. The van der Waals surface area contributed by atoms with E-state index in [1.807, 2.05) is 18.5 Å². The van der Waals surface area contributed by atoms with Crippen LogP contribution in [-0.4, -0.2) is 30.1 Å². The predicted molar refractivity (Wildman–Crippen MR) is 44.7 cm³/mol. The third kappa shape index (κ3) is 2.02. The molecule has 0 aliphatic carbocycles. The number of amides is 1. The third-order valence-electron chi connectivity index (χ3n) is 1.57. The molecule has 0 aliphatic rings. The molecule has 12 heavy (non-hydrogen) atoms. The number of nitrogens with one attached hydrogen (secondary N) is 1. The molecule has 4 nitrogen and oxygen atoms in total. The average Bonchev–Trinajstić information content (AvgIpc) is 2.55. The zero-order valence-electron chi connectivity index (χ0n) is 7.20. The molecule has 0 bridgehead atoms. The molecule has 1 aromatic rings. The van der Waals surface area contributed by atoms with Crippen LogP contribution in [0.4, 0.5) is 4.79 Å². The van der Waals surface area contributed by atoms with Crippen LogP contribution in [0.3, 0.4) is 0 Å². The summed E-state index contributed by atoms with van der Waals surface area (Å²) in [5, 5.41) is 0. The van der Waals surface area contributed by atoms with Gasteiger partial charge in [0.2, 0.25) is 0 Å². The van der Waals surface area contributed by atoms with Gasteiger partial charge >= 0.3 is 6.09 Å². The molecule has 1 N–H and O–H groups in total. The van der Waals surface area contributed by atoms with E-state index in [1.165, 1.54) is 12.0 Å². The number of hydrogen-bond donors (Lipinski definition) is 1. The van der Waals surface area contributed by atoms with E-state index in [1.54, 1.807) is 7.05 Å². The summed E-state index contributed by atoms with van der Waals surface area (Å²) in [5.74, 6) is 0. The van der Waals surface area contributed by atoms with E-state index in [2.05, 4.69) is 9.72 Å². The number of aromatic nitrogens is 1. The molecule has 1 rings (SSSR count). The topological polar surface area (TPSA) is 45.3 Å². The molecule has 0 unspecified atom stereocenters. The zero-order valence-corrected chi connectivity index (χ0v) is 7.20. The Morgan fingerprint density at radius 2 is 2.50 bits per heavy atom. The van der Waals surface area contributed by atoms with Crippen LogP contribution in [0.5, 0.6) is 0 Å². The zero-order chi connectivity index (χ0) is 8.97. The predicted octanol–water partition coefficient (Wildman–Crippen LogP) is 1.21. The summed E-state index contributed by atoms with van der Waals surface area (Å²) >= 11 is 0. The Labute approximate surface area is 71.1 Å². The van der Waals surface area contributed by atoms with Gasteiger partial charge in [0.15, 0.2) is 0 Å². The number of carbonyl (C=O) groups is 1. The normalized spacial score (nSPS) is 9.50. The van der Waals surface area contributed by atoms with Crippen LogP contribution in [0.15, 0.2) is 18.5 Å². The van der Waals surface area contributed by atoms with Crippen LogP contribution in [0.25, 0.3) is 0 Å². The average molecular weight is 168 g/mol.